The maximum absolute atomic E-state index is 3.88. The van der Waals surface area contributed by atoms with Crippen LogP contribution in [0.4, 0.5) is 0 Å². The van der Waals surface area contributed by atoms with Gasteiger partial charge in [0.25, 0.3) is 0 Å². The van der Waals surface area contributed by atoms with Gasteiger partial charge in [0, 0.05) is 9.81 Å². The zero-order valence-corrected chi connectivity index (χ0v) is 10.8. The minimum atomic E-state index is 0.965. The third kappa shape index (κ3) is 2.89. The van der Waals surface area contributed by atoms with Crippen LogP contribution in [-0.2, 0) is 0 Å². The van der Waals surface area contributed by atoms with Gasteiger partial charge in [-0.15, -0.1) is 0 Å². The molecule has 0 fully saturated rings. The van der Waals surface area contributed by atoms with E-state index in [-0.39, 0.29) is 0 Å². The van der Waals surface area contributed by atoms with E-state index in [9.17, 15) is 0 Å². The topological polar surface area (TPSA) is 0 Å². The summed E-state index contributed by atoms with van der Waals surface area (Å²) >= 11 is 1.79. The summed E-state index contributed by atoms with van der Waals surface area (Å²) in [6, 6.07) is 0. The average Bonchev–Trinajstić information content (AvgIpc) is 2.30. The lowest BCUT2D eigenvalue weighted by molar-refractivity contribution is 1.17. The highest BCUT2D eigenvalue weighted by Gasteiger charge is 2.16. The van der Waals surface area contributed by atoms with Gasteiger partial charge >= 0.3 is 0 Å². The molecule has 0 aromatic heterocycles. The molecular weight excluding hydrogens is 212 g/mol. The number of allylic oxidation sites excluding steroid dienone is 8. The van der Waals surface area contributed by atoms with Crippen LogP contribution in [0.15, 0.2) is 70.6 Å². The SMILES string of the molecule is C=C/C=C1/SC(/C=C\C)=C(C=C)C/C1=C/C. The molecule has 0 saturated heterocycles. The maximum Gasteiger partial charge on any atom is 0.0154 e. The van der Waals surface area contributed by atoms with Crippen molar-refractivity contribution in [1.29, 1.82) is 0 Å². The Hall–Kier alpha value is -1.21. The minimum absolute atomic E-state index is 0.965. The van der Waals surface area contributed by atoms with Gasteiger partial charge in [-0.25, -0.2) is 0 Å². The number of hydrogen-bond donors (Lipinski definition) is 0. The molecular formula is C15H18S. The second-order valence-corrected chi connectivity index (χ2v) is 4.54. The van der Waals surface area contributed by atoms with Gasteiger partial charge in [0.05, 0.1) is 0 Å². The standard InChI is InChI=1S/C15H18S/c1-5-9-14-12(7-3)11-13(8-4)15(16-14)10-6-2/h5-10H,1,4,11H2,2-3H3/b10-6-,12-7-,14-9+. The van der Waals surface area contributed by atoms with Crippen LogP contribution in [0.3, 0.4) is 0 Å². The van der Waals surface area contributed by atoms with E-state index >= 15 is 0 Å². The van der Waals surface area contributed by atoms with E-state index in [1.165, 1.54) is 21.0 Å². The molecule has 16 heavy (non-hydrogen) atoms. The molecule has 0 unspecified atom stereocenters. The van der Waals surface area contributed by atoms with E-state index in [4.69, 9.17) is 0 Å². The second kappa shape index (κ2) is 6.39. The zero-order valence-electron chi connectivity index (χ0n) is 9.99. The van der Waals surface area contributed by atoms with Gasteiger partial charge in [-0.1, -0.05) is 55.3 Å². The summed E-state index contributed by atoms with van der Waals surface area (Å²) in [5, 5.41) is 0. The molecule has 1 rings (SSSR count). The van der Waals surface area contributed by atoms with Gasteiger partial charge in [0.1, 0.15) is 0 Å². The molecule has 0 amide bonds. The van der Waals surface area contributed by atoms with Gasteiger partial charge in [-0.3, -0.25) is 0 Å². The summed E-state index contributed by atoms with van der Waals surface area (Å²) in [4.78, 5) is 2.58. The van der Waals surface area contributed by atoms with Crippen LogP contribution in [-0.4, -0.2) is 0 Å². The number of hydrogen-bond acceptors (Lipinski definition) is 1. The first-order valence-corrected chi connectivity index (χ1v) is 6.22. The fourth-order valence-electron chi connectivity index (χ4n) is 1.59. The molecule has 0 atom stereocenters. The first-order valence-electron chi connectivity index (χ1n) is 5.41. The molecule has 1 aliphatic heterocycles. The van der Waals surface area contributed by atoms with Crippen molar-refractivity contribution in [1.82, 2.24) is 0 Å². The van der Waals surface area contributed by atoms with E-state index < -0.39 is 0 Å². The normalized spacial score (nSPS) is 22.1. The van der Waals surface area contributed by atoms with Gasteiger partial charge in [-0.05, 0) is 37.5 Å². The van der Waals surface area contributed by atoms with Gasteiger partial charge in [0.15, 0.2) is 0 Å². The predicted octanol–water partition coefficient (Wildman–Crippen LogP) is 5.16. The highest BCUT2D eigenvalue weighted by atomic mass is 32.2. The van der Waals surface area contributed by atoms with Crippen molar-refractivity contribution in [3.8, 4) is 0 Å². The van der Waals surface area contributed by atoms with E-state index in [2.05, 4.69) is 44.4 Å². The molecule has 0 spiro atoms. The summed E-state index contributed by atoms with van der Waals surface area (Å²) in [6.07, 6.45) is 13.2. The van der Waals surface area contributed by atoms with Crippen molar-refractivity contribution >= 4 is 11.8 Å². The van der Waals surface area contributed by atoms with Crippen molar-refractivity contribution < 1.29 is 0 Å². The molecule has 0 saturated carbocycles. The molecule has 1 aliphatic rings. The summed E-state index contributed by atoms with van der Waals surface area (Å²) in [5.41, 5.74) is 2.66. The summed E-state index contributed by atoms with van der Waals surface area (Å²) in [5.74, 6) is 0. The van der Waals surface area contributed by atoms with Crippen LogP contribution in [0.5, 0.6) is 0 Å². The fraction of sp³-hybridized carbons (Fsp3) is 0.200. The lowest BCUT2D eigenvalue weighted by Crippen LogP contribution is -1.98. The molecule has 0 bridgehead atoms. The van der Waals surface area contributed by atoms with Crippen molar-refractivity contribution in [2.24, 2.45) is 0 Å². The summed E-state index contributed by atoms with van der Waals surface area (Å²) in [7, 11) is 0. The van der Waals surface area contributed by atoms with Crippen LogP contribution >= 0.6 is 11.8 Å². The van der Waals surface area contributed by atoms with E-state index in [1.54, 1.807) is 11.8 Å². The molecule has 84 valence electrons. The Kier molecular flexibility index (Phi) is 5.13. The molecule has 1 heterocycles. The summed E-state index contributed by atoms with van der Waals surface area (Å²) in [6.45, 7) is 11.8. The maximum atomic E-state index is 3.88. The lowest BCUT2D eigenvalue weighted by atomic mass is 10.0. The Morgan fingerprint density at radius 3 is 2.50 bits per heavy atom. The van der Waals surface area contributed by atoms with Gasteiger partial charge in [0.2, 0.25) is 0 Å². The van der Waals surface area contributed by atoms with E-state index in [0.717, 1.165) is 6.42 Å². The zero-order chi connectivity index (χ0) is 12.0. The Labute approximate surface area is 103 Å². The van der Waals surface area contributed by atoms with Crippen molar-refractivity contribution in [3.05, 3.63) is 70.6 Å². The number of thioether (sulfide) groups is 1. The highest BCUT2D eigenvalue weighted by Crippen LogP contribution is 2.42. The molecule has 1 heteroatoms. The Morgan fingerprint density at radius 2 is 2.00 bits per heavy atom. The van der Waals surface area contributed by atoms with Crippen molar-refractivity contribution in [2.45, 2.75) is 20.3 Å². The Bertz CT molecular complexity index is 403. The quantitative estimate of drug-likeness (QED) is 0.645. The summed E-state index contributed by atoms with van der Waals surface area (Å²) < 4.78 is 0. The average molecular weight is 230 g/mol. The monoisotopic (exact) mass is 230 g/mol. The molecule has 0 aromatic rings. The highest BCUT2D eigenvalue weighted by molar-refractivity contribution is 8.07. The molecule has 0 nitrogen and oxygen atoms in total. The molecule has 0 aromatic carbocycles. The predicted molar refractivity (Wildman–Crippen MR) is 76.3 cm³/mol. The smallest absolute Gasteiger partial charge is 0.0154 e. The van der Waals surface area contributed by atoms with E-state index in [0.29, 0.717) is 0 Å². The largest absolute Gasteiger partial charge is 0.0990 e. The van der Waals surface area contributed by atoms with Crippen LogP contribution in [0.25, 0.3) is 0 Å². The first kappa shape index (κ1) is 12.9. The third-order valence-corrected chi connectivity index (χ3v) is 3.65. The van der Waals surface area contributed by atoms with Crippen LogP contribution in [0.2, 0.25) is 0 Å². The van der Waals surface area contributed by atoms with Gasteiger partial charge < -0.3 is 0 Å². The van der Waals surface area contributed by atoms with Crippen LogP contribution in [0, 0.1) is 0 Å². The second-order valence-electron chi connectivity index (χ2n) is 3.45. The molecule has 0 radical (unpaired) electrons. The Balaban J connectivity index is 3.17. The van der Waals surface area contributed by atoms with Gasteiger partial charge in [-0.2, -0.15) is 0 Å². The fourth-order valence-corrected chi connectivity index (χ4v) is 2.80. The first-order chi connectivity index (χ1) is 7.76. The van der Waals surface area contributed by atoms with Crippen LogP contribution < -0.4 is 0 Å². The lowest BCUT2D eigenvalue weighted by Gasteiger charge is -2.21. The minimum Gasteiger partial charge on any atom is -0.0990 e. The Morgan fingerprint density at radius 1 is 1.25 bits per heavy atom. The molecule has 0 N–H and O–H groups in total. The van der Waals surface area contributed by atoms with Crippen molar-refractivity contribution in [2.75, 3.05) is 0 Å². The van der Waals surface area contributed by atoms with Crippen molar-refractivity contribution in [3.63, 3.8) is 0 Å². The number of rotatable bonds is 3. The third-order valence-electron chi connectivity index (χ3n) is 2.42. The molecule has 0 aliphatic carbocycles. The van der Waals surface area contributed by atoms with Crippen LogP contribution in [0.1, 0.15) is 20.3 Å². The van der Waals surface area contributed by atoms with E-state index in [1.807, 2.05) is 19.1 Å².